The third kappa shape index (κ3) is 4.23. The second-order valence-electron chi connectivity index (χ2n) is 6.41. The third-order valence-corrected chi connectivity index (χ3v) is 6.58. The zero-order valence-corrected chi connectivity index (χ0v) is 16.9. The molecule has 1 atom stereocenters. The number of sulfonamides is 1. The Labute approximate surface area is 169 Å². The second-order valence-corrected chi connectivity index (χ2v) is 8.30. The zero-order valence-electron chi connectivity index (χ0n) is 16.1. The van der Waals surface area contributed by atoms with Crippen LogP contribution in [0.5, 0.6) is 0 Å². The predicted octanol–water partition coefficient (Wildman–Crippen LogP) is 1.63. The minimum absolute atomic E-state index is 0.0179. The first-order chi connectivity index (χ1) is 13.9. The van der Waals surface area contributed by atoms with Gasteiger partial charge in [0.2, 0.25) is 15.9 Å². The minimum atomic E-state index is -4.09. The number of methoxy groups -OCH3 is 2. The van der Waals surface area contributed by atoms with Crippen molar-refractivity contribution in [1.82, 2.24) is 4.31 Å². The lowest BCUT2D eigenvalue weighted by Gasteiger charge is -2.29. The average Bonchev–Trinajstić information content (AvgIpc) is 3.03. The summed E-state index contributed by atoms with van der Waals surface area (Å²) in [5, 5.41) is 0. The van der Waals surface area contributed by atoms with Gasteiger partial charge in [-0.15, -0.1) is 0 Å². The first-order valence-corrected chi connectivity index (χ1v) is 10.4. The van der Waals surface area contributed by atoms with Crippen molar-refractivity contribution < 1.29 is 27.5 Å². The SMILES string of the molecule is COC(CN(C1CC(=O)N(c2ccccc2)C1=O)S(=O)(=O)c1ccccc1)OC. The Kier molecular flexibility index (Phi) is 6.43. The number of ether oxygens (including phenoxy) is 2. The van der Waals surface area contributed by atoms with Crippen molar-refractivity contribution in [3.8, 4) is 0 Å². The molecule has 1 fully saturated rings. The molecule has 0 aromatic heterocycles. The Bertz CT molecular complexity index is 961. The van der Waals surface area contributed by atoms with E-state index in [-0.39, 0.29) is 17.9 Å². The van der Waals surface area contributed by atoms with Crippen molar-refractivity contribution in [2.45, 2.75) is 23.6 Å². The van der Waals surface area contributed by atoms with Crippen LogP contribution in [0.1, 0.15) is 6.42 Å². The molecule has 154 valence electrons. The van der Waals surface area contributed by atoms with E-state index in [1.54, 1.807) is 48.5 Å². The third-order valence-electron chi connectivity index (χ3n) is 4.69. The largest absolute Gasteiger partial charge is 0.354 e. The molecule has 0 radical (unpaired) electrons. The molecule has 29 heavy (non-hydrogen) atoms. The maximum Gasteiger partial charge on any atom is 0.252 e. The van der Waals surface area contributed by atoms with Crippen LogP contribution in [0.3, 0.4) is 0 Å². The maximum absolute atomic E-state index is 13.3. The number of imide groups is 1. The van der Waals surface area contributed by atoms with Crippen molar-refractivity contribution in [2.24, 2.45) is 0 Å². The van der Waals surface area contributed by atoms with Gasteiger partial charge in [-0.1, -0.05) is 36.4 Å². The molecule has 1 heterocycles. The van der Waals surface area contributed by atoms with E-state index < -0.39 is 34.2 Å². The van der Waals surface area contributed by atoms with E-state index in [0.717, 1.165) is 9.21 Å². The summed E-state index contributed by atoms with van der Waals surface area (Å²) in [6.07, 6.45) is -1.16. The quantitative estimate of drug-likeness (QED) is 0.478. The normalized spacial score (nSPS) is 17.5. The smallest absolute Gasteiger partial charge is 0.252 e. The Hall–Kier alpha value is -2.59. The lowest BCUT2D eigenvalue weighted by atomic mass is 10.2. The van der Waals surface area contributed by atoms with Crippen LogP contribution in [0, 0.1) is 0 Å². The molecule has 9 heteroatoms. The van der Waals surface area contributed by atoms with Gasteiger partial charge in [0.05, 0.1) is 23.5 Å². The first kappa shape index (κ1) is 21.1. The van der Waals surface area contributed by atoms with Crippen LogP contribution >= 0.6 is 0 Å². The topological polar surface area (TPSA) is 93.2 Å². The molecule has 1 saturated heterocycles. The van der Waals surface area contributed by atoms with Gasteiger partial charge >= 0.3 is 0 Å². The van der Waals surface area contributed by atoms with E-state index in [4.69, 9.17) is 9.47 Å². The van der Waals surface area contributed by atoms with Crippen molar-refractivity contribution >= 4 is 27.5 Å². The molecular formula is C20H22N2O6S. The van der Waals surface area contributed by atoms with E-state index in [2.05, 4.69) is 0 Å². The maximum atomic E-state index is 13.3. The number of hydrogen-bond acceptors (Lipinski definition) is 6. The Morgan fingerprint density at radius 1 is 1.00 bits per heavy atom. The van der Waals surface area contributed by atoms with Gasteiger partial charge < -0.3 is 9.47 Å². The summed E-state index contributed by atoms with van der Waals surface area (Å²) in [6.45, 7) is -0.240. The van der Waals surface area contributed by atoms with Crippen LogP contribution in [0.2, 0.25) is 0 Å². The fourth-order valence-corrected chi connectivity index (χ4v) is 4.79. The van der Waals surface area contributed by atoms with Gasteiger partial charge in [0, 0.05) is 14.2 Å². The van der Waals surface area contributed by atoms with Gasteiger partial charge in [0.25, 0.3) is 5.91 Å². The van der Waals surface area contributed by atoms with Gasteiger partial charge in [-0.05, 0) is 24.3 Å². The van der Waals surface area contributed by atoms with Crippen LogP contribution in [0.25, 0.3) is 0 Å². The molecule has 0 spiro atoms. The van der Waals surface area contributed by atoms with Crippen LogP contribution in [0.15, 0.2) is 65.6 Å². The standard InChI is InChI=1S/C20H22N2O6S/c1-27-19(28-2)14-21(29(25,26)16-11-7-4-8-12-16)17-13-18(23)22(20(17)24)15-9-5-3-6-10-15/h3-12,17,19H,13-14H2,1-2H3. The van der Waals surface area contributed by atoms with Crippen molar-refractivity contribution in [3.63, 3.8) is 0 Å². The predicted molar refractivity (Wildman–Crippen MR) is 105 cm³/mol. The van der Waals surface area contributed by atoms with Gasteiger partial charge in [-0.25, -0.2) is 13.3 Å². The van der Waals surface area contributed by atoms with Crippen molar-refractivity contribution in [3.05, 3.63) is 60.7 Å². The highest BCUT2D eigenvalue weighted by molar-refractivity contribution is 7.89. The number of benzene rings is 2. The summed E-state index contributed by atoms with van der Waals surface area (Å²) in [7, 11) is -1.34. The number of carbonyl (C=O) groups excluding carboxylic acids is 2. The summed E-state index contributed by atoms with van der Waals surface area (Å²) in [6, 6.07) is 15.0. The first-order valence-electron chi connectivity index (χ1n) is 8.94. The number of nitrogens with zero attached hydrogens (tertiary/aromatic N) is 2. The molecule has 1 aliphatic heterocycles. The average molecular weight is 418 g/mol. The number of carbonyl (C=O) groups is 2. The molecule has 2 amide bonds. The second kappa shape index (κ2) is 8.83. The Morgan fingerprint density at radius 2 is 1.55 bits per heavy atom. The highest BCUT2D eigenvalue weighted by Crippen LogP contribution is 2.29. The lowest BCUT2D eigenvalue weighted by Crippen LogP contribution is -2.49. The molecule has 3 rings (SSSR count). The number of amides is 2. The molecular weight excluding hydrogens is 396 g/mol. The van der Waals surface area contributed by atoms with Crippen molar-refractivity contribution in [2.75, 3.05) is 25.7 Å². The molecule has 8 nitrogen and oxygen atoms in total. The molecule has 1 aliphatic rings. The Balaban J connectivity index is 2.01. The highest BCUT2D eigenvalue weighted by Gasteiger charge is 2.47. The van der Waals surface area contributed by atoms with Crippen LogP contribution < -0.4 is 4.90 Å². The van der Waals surface area contributed by atoms with Gasteiger partial charge in [0.1, 0.15) is 6.04 Å². The van der Waals surface area contributed by atoms with Crippen LogP contribution in [-0.2, 0) is 29.1 Å². The van der Waals surface area contributed by atoms with Gasteiger partial charge in [0.15, 0.2) is 6.29 Å². The molecule has 0 aliphatic carbocycles. The van der Waals surface area contributed by atoms with E-state index in [0.29, 0.717) is 5.69 Å². The van der Waals surface area contributed by atoms with Gasteiger partial charge in [-0.3, -0.25) is 9.59 Å². The molecule has 0 N–H and O–H groups in total. The summed E-state index contributed by atoms with van der Waals surface area (Å²) >= 11 is 0. The molecule has 2 aromatic carbocycles. The summed E-state index contributed by atoms with van der Waals surface area (Å²) in [5.74, 6) is -1.07. The zero-order chi connectivity index (χ0) is 21.0. The van der Waals surface area contributed by atoms with Crippen LogP contribution in [-0.4, -0.2) is 57.6 Å². The minimum Gasteiger partial charge on any atom is -0.354 e. The molecule has 0 saturated carbocycles. The van der Waals surface area contributed by atoms with Crippen LogP contribution in [0.4, 0.5) is 5.69 Å². The molecule has 0 bridgehead atoms. The van der Waals surface area contributed by atoms with E-state index >= 15 is 0 Å². The summed E-state index contributed by atoms with van der Waals surface area (Å²) < 4.78 is 37.9. The van der Waals surface area contributed by atoms with E-state index in [1.807, 2.05) is 0 Å². The summed E-state index contributed by atoms with van der Waals surface area (Å²) in [5.41, 5.74) is 0.400. The van der Waals surface area contributed by atoms with E-state index in [9.17, 15) is 18.0 Å². The number of para-hydroxylation sites is 1. The number of anilines is 1. The van der Waals surface area contributed by atoms with Gasteiger partial charge in [-0.2, -0.15) is 4.31 Å². The Morgan fingerprint density at radius 3 is 2.10 bits per heavy atom. The highest BCUT2D eigenvalue weighted by atomic mass is 32.2. The number of rotatable bonds is 8. The molecule has 2 aromatic rings. The molecule has 1 unspecified atom stereocenters. The van der Waals surface area contributed by atoms with Crippen molar-refractivity contribution in [1.29, 1.82) is 0 Å². The van der Waals surface area contributed by atoms with E-state index in [1.165, 1.54) is 26.4 Å². The summed E-state index contributed by atoms with van der Waals surface area (Å²) in [4.78, 5) is 26.8. The fourth-order valence-electron chi connectivity index (χ4n) is 3.20. The fraction of sp³-hybridized carbons (Fsp3) is 0.300. The lowest BCUT2D eigenvalue weighted by molar-refractivity contribution is -0.125. The monoisotopic (exact) mass is 418 g/mol. The number of hydrogen-bond donors (Lipinski definition) is 0.